The Labute approximate surface area is 75.9 Å². The van der Waals surface area contributed by atoms with E-state index < -0.39 is 12.8 Å². The quantitative estimate of drug-likeness (QED) is 0.651. The maximum atomic E-state index is 5.23. The highest BCUT2D eigenvalue weighted by Crippen LogP contribution is 2.27. The van der Waals surface area contributed by atoms with Crippen molar-refractivity contribution in [3.63, 3.8) is 0 Å². The molecule has 2 atom stereocenters. The van der Waals surface area contributed by atoms with Gasteiger partial charge in [-0.15, -0.1) is 0 Å². The van der Waals surface area contributed by atoms with Gasteiger partial charge in [-0.1, -0.05) is 30.3 Å². The summed E-state index contributed by atoms with van der Waals surface area (Å²) in [6.07, 6.45) is -0.494. The monoisotopic (exact) mass is 182 g/mol. The Hall–Kier alpha value is -0.940. The third-order valence-corrected chi connectivity index (χ3v) is 1.72. The van der Waals surface area contributed by atoms with Crippen LogP contribution in [0, 0.1) is 0 Å². The Bertz CT molecular complexity index is 262. The maximum absolute atomic E-state index is 5.23. The lowest BCUT2D eigenvalue weighted by atomic mass is 10.2. The van der Waals surface area contributed by atoms with Crippen molar-refractivity contribution in [1.29, 1.82) is 0 Å². The lowest BCUT2D eigenvalue weighted by molar-refractivity contribution is -0.346. The topological polar surface area (TPSA) is 36.9 Å². The van der Waals surface area contributed by atoms with Crippen molar-refractivity contribution in [2.24, 2.45) is 0 Å². The molecule has 0 aliphatic carbocycles. The van der Waals surface area contributed by atoms with Crippen molar-refractivity contribution in [1.82, 2.24) is 0 Å². The van der Waals surface area contributed by atoms with Crippen LogP contribution in [0.25, 0.3) is 0 Å². The van der Waals surface area contributed by atoms with E-state index in [0.717, 1.165) is 5.56 Å². The van der Waals surface area contributed by atoms with Gasteiger partial charge in [0.1, 0.15) is 0 Å². The second kappa shape index (κ2) is 3.85. The molecule has 0 radical (unpaired) electrons. The van der Waals surface area contributed by atoms with E-state index in [4.69, 9.17) is 19.2 Å². The molecule has 1 aromatic rings. The van der Waals surface area contributed by atoms with E-state index in [9.17, 15) is 0 Å². The third kappa shape index (κ3) is 1.87. The summed E-state index contributed by atoms with van der Waals surface area (Å²) in [6, 6.07) is 9.52. The summed E-state index contributed by atoms with van der Waals surface area (Å²) in [6.45, 7) is -0.731. The molecule has 1 fully saturated rings. The number of rotatable bonds is 2. The van der Waals surface area contributed by atoms with Gasteiger partial charge in [0.05, 0.1) is 0 Å². The van der Waals surface area contributed by atoms with Crippen molar-refractivity contribution >= 4 is 0 Å². The molecule has 0 bridgehead atoms. The lowest BCUT2D eigenvalue weighted by Gasteiger charge is -2.06. The Morgan fingerprint density at radius 2 is 1.92 bits per heavy atom. The molecular formula is C9H10O4. The molecule has 0 N–H and O–H groups in total. The van der Waals surface area contributed by atoms with Crippen molar-refractivity contribution in [2.75, 3.05) is 7.11 Å². The molecule has 1 aliphatic heterocycles. The van der Waals surface area contributed by atoms with Gasteiger partial charge in [0.15, 0.2) is 0 Å². The van der Waals surface area contributed by atoms with E-state index in [1.165, 1.54) is 7.11 Å². The second-order valence-electron chi connectivity index (χ2n) is 2.60. The second-order valence-corrected chi connectivity index (χ2v) is 2.60. The Morgan fingerprint density at radius 3 is 2.54 bits per heavy atom. The fraction of sp³-hybridized carbons (Fsp3) is 0.333. The molecule has 2 unspecified atom stereocenters. The highest BCUT2D eigenvalue weighted by Gasteiger charge is 2.28. The Morgan fingerprint density at radius 1 is 1.15 bits per heavy atom. The first-order valence-corrected chi connectivity index (χ1v) is 3.95. The van der Waals surface area contributed by atoms with Gasteiger partial charge in [0.2, 0.25) is 6.29 Å². The molecule has 0 amide bonds. The van der Waals surface area contributed by atoms with Crippen LogP contribution in [0.1, 0.15) is 11.9 Å². The van der Waals surface area contributed by atoms with Crippen LogP contribution in [0.15, 0.2) is 30.3 Å². The summed E-state index contributed by atoms with van der Waals surface area (Å²) in [7, 11) is 1.49. The van der Waals surface area contributed by atoms with E-state index in [1.807, 2.05) is 30.3 Å². The molecule has 1 saturated heterocycles. The molecule has 0 aromatic heterocycles. The molecule has 0 spiro atoms. The van der Waals surface area contributed by atoms with Crippen LogP contribution in [0.2, 0.25) is 0 Å². The first-order chi connectivity index (χ1) is 6.40. The summed E-state index contributed by atoms with van der Waals surface area (Å²) >= 11 is 0. The van der Waals surface area contributed by atoms with Gasteiger partial charge in [0.25, 0.3) is 0 Å². The molecule has 4 nitrogen and oxygen atoms in total. The molecule has 1 aromatic carbocycles. The zero-order valence-corrected chi connectivity index (χ0v) is 7.17. The van der Waals surface area contributed by atoms with Gasteiger partial charge in [-0.25, -0.2) is 0 Å². The molecule has 4 heteroatoms. The highest BCUT2D eigenvalue weighted by molar-refractivity contribution is 5.15. The maximum Gasteiger partial charge on any atom is 0.303 e. The van der Waals surface area contributed by atoms with E-state index in [1.54, 1.807) is 0 Å². The zero-order chi connectivity index (χ0) is 9.10. The van der Waals surface area contributed by atoms with Crippen LogP contribution in [0.5, 0.6) is 0 Å². The van der Waals surface area contributed by atoms with Crippen LogP contribution >= 0.6 is 0 Å². The summed E-state index contributed by atoms with van der Waals surface area (Å²) in [5.74, 6) is 0. The zero-order valence-electron chi connectivity index (χ0n) is 7.17. The number of methoxy groups -OCH3 is 1. The van der Waals surface area contributed by atoms with E-state index in [0.29, 0.717) is 0 Å². The minimum Gasteiger partial charge on any atom is -0.331 e. The fourth-order valence-electron chi connectivity index (χ4n) is 1.08. The van der Waals surface area contributed by atoms with E-state index >= 15 is 0 Å². The van der Waals surface area contributed by atoms with Crippen molar-refractivity contribution < 1.29 is 19.2 Å². The SMILES string of the molecule is COC1OOC(c2ccccc2)O1. The predicted octanol–water partition coefficient (Wildman–Crippen LogP) is 1.59. The van der Waals surface area contributed by atoms with Gasteiger partial charge < -0.3 is 4.74 Å². The van der Waals surface area contributed by atoms with E-state index in [2.05, 4.69) is 0 Å². The van der Waals surface area contributed by atoms with Gasteiger partial charge >= 0.3 is 6.48 Å². The summed E-state index contributed by atoms with van der Waals surface area (Å²) in [4.78, 5) is 9.62. The highest BCUT2D eigenvalue weighted by atomic mass is 17.3. The Balaban J connectivity index is 2.04. The lowest BCUT2D eigenvalue weighted by Crippen LogP contribution is -2.09. The third-order valence-electron chi connectivity index (χ3n) is 1.72. The first kappa shape index (κ1) is 8.65. The molecule has 70 valence electrons. The van der Waals surface area contributed by atoms with Crippen molar-refractivity contribution in [3.05, 3.63) is 35.9 Å². The first-order valence-electron chi connectivity index (χ1n) is 3.95. The number of benzene rings is 1. The van der Waals surface area contributed by atoms with Gasteiger partial charge in [-0.05, 0) is 0 Å². The standard InChI is InChI=1S/C9H10O4/c1-10-9-11-8(12-13-9)7-5-3-2-4-6-7/h2-6,8-9H,1H3. The number of hydrogen-bond acceptors (Lipinski definition) is 4. The van der Waals surface area contributed by atoms with Crippen molar-refractivity contribution in [3.8, 4) is 0 Å². The molecule has 13 heavy (non-hydrogen) atoms. The summed E-state index contributed by atoms with van der Waals surface area (Å²) in [5.41, 5.74) is 0.905. The van der Waals surface area contributed by atoms with Crippen LogP contribution in [0.3, 0.4) is 0 Å². The van der Waals surface area contributed by atoms with Gasteiger partial charge in [-0.2, -0.15) is 9.78 Å². The summed E-state index contributed by atoms with van der Waals surface area (Å²) in [5, 5.41) is 0. The van der Waals surface area contributed by atoms with Crippen LogP contribution in [-0.2, 0) is 19.2 Å². The van der Waals surface area contributed by atoms with Gasteiger partial charge in [0, 0.05) is 12.7 Å². The number of hydrogen-bond donors (Lipinski definition) is 0. The average Bonchev–Trinajstić information content (AvgIpc) is 2.67. The minimum atomic E-state index is -0.731. The Kier molecular flexibility index (Phi) is 2.56. The predicted molar refractivity (Wildman–Crippen MR) is 43.2 cm³/mol. The molecule has 2 rings (SSSR count). The molecule has 1 aliphatic rings. The largest absolute Gasteiger partial charge is 0.331 e. The molecular weight excluding hydrogens is 172 g/mol. The fourth-order valence-corrected chi connectivity index (χ4v) is 1.08. The summed E-state index contributed by atoms with van der Waals surface area (Å²) < 4.78 is 10.0. The van der Waals surface area contributed by atoms with E-state index in [-0.39, 0.29) is 0 Å². The molecule has 1 heterocycles. The van der Waals surface area contributed by atoms with Crippen LogP contribution in [-0.4, -0.2) is 13.6 Å². The van der Waals surface area contributed by atoms with Gasteiger partial charge in [-0.3, -0.25) is 4.74 Å². The smallest absolute Gasteiger partial charge is 0.303 e. The number of ether oxygens (including phenoxy) is 2. The van der Waals surface area contributed by atoms with Crippen LogP contribution < -0.4 is 0 Å². The molecule has 0 saturated carbocycles. The van der Waals surface area contributed by atoms with Crippen LogP contribution in [0.4, 0.5) is 0 Å². The average molecular weight is 182 g/mol. The minimum absolute atomic E-state index is 0.494. The normalized spacial score (nSPS) is 27.8. The van der Waals surface area contributed by atoms with Crippen molar-refractivity contribution in [2.45, 2.75) is 12.8 Å².